The maximum Gasteiger partial charge on any atom is 0.182 e. The average molecular weight is 704 g/mol. The Kier molecular flexibility index (Phi) is 9.41. The molecule has 12 nitrogen and oxygen atoms in total. The Morgan fingerprint density at radius 3 is 2.41 bits per heavy atom. The first-order chi connectivity index (χ1) is 23.6. The van der Waals surface area contributed by atoms with E-state index in [0.717, 1.165) is 64.2 Å². The van der Waals surface area contributed by atoms with Gasteiger partial charge < -0.3 is 34.2 Å². The number of nitrogens with zero attached hydrogens (tertiary/aromatic N) is 7. The van der Waals surface area contributed by atoms with Gasteiger partial charge in [0.25, 0.3) is 0 Å². The van der Waals surface area contributed by atoms with Crippen molar-refractivity contribution in [2.45, 2.75) is 32.2 Å². The molecule has 0 radical (unpaired) electrons. The summed E-state index contributed by atoms with van der Waals surface area (Å²) < 4.78 is 25.3. The van der Waals surface area contributed by atoms with Crippen LogP contribution in [0.3, 0.4) is 0 Å². The van der Waals surface area contributed by atoms with Crippen LogP contribution in [-0.4, -0.2) is 103 Å². The number of halogens is 1. The summed E-state index contributed by atoms with van der Waals surface area (Å²) in [7, 11) is 1.07. The van der Waals surface area contributed by atoms with Gasteiger partial charge in [-0.05, 0) is 63.4 Å². The minimum atomic E-state index is -2.82. The van der Waals surface area contributed by atoms with Crippen LogP contribution in [0.5, 0.6) is 5.75 Å². The van der Waals surface area contributed by atoms with E-state index in [1.54, 1.807) is 32.8 Å². The zero-order valence-electron chi connectivity index (χ0n) is 28.7. The largest absolute Gasteiger partial charge is 0.494 e. The predicted octanol–water partition coefficient (Wildman–Crippen LogP) is 6.34. The van der Waals surface area contributed by atoms with E-state index in [1.165, 1.54) is 17.6 Å². The number of hydrogen-bond donors (Lipinski definition) is 2. The normalized spacial score (nSPS) is 16.8. The van der Waals surface area contributed by atoms with Crippen molar-refractivity contribution < 1.29 is 13.7 Å². The number of fused-ring (bicyclic) bond motifs is 2. The van der Waals surface area contributed by atoms with Gasteiger partial charge in [0.1, 0.15) is 23.4 Å². The third-order valence-electron chi connectivity index (χ3n) is 9.72. The highest BCUT2D eigenvalue weighted by atomic mass is 35.5. The van der Waals surface area contributed by atoms with E-state index in [2.05, 4.69) is 66.4 Å². The molecule has 5 aromatic rings. The van der Waals surface area contributed by atoms with E-state index in [-0.39, 0.29) is 5.02 Å². The van der Waals surface area contributed by atoms with Gasteiger partial charge >= 0.3 is 0 Å². The number of nitrogens with one attached hydrogen (secondary N) is 2. The molecule has 0 spiro atoms. The highest BCUT2D eigenvalue weighted by Crippen LogP contribution is 2.43. The van der Waals surface area contributed by atoms with Crippen LogP contribution in [0, 0.1) is 0 Å². The number of pyridine rings is 1. The summed E-state index contributed by atoms with van der Waals surface area (Å²) in [5.74, 6) is 1.46. The molecule has 7 rings (SSSR count). The Bertz CT molecular complexity index is 2030. The van der Waals surface area contributed by atoms with E-state index in [9.17, 15) is 4.57 Å². The summed E-state index contributed by atoms with van der Waals surface area (Å²) >= 11 is 6.85. The number of rotatable bonds is 9. The van der Waals surface area contributed by atoms with Crippen molar-refractivity contribution in [3.05, 3.63) is 53.6 Å². The maximum atomic E-state index is 13.6. The molecular weight excluding hydrogens is 661 g/mol. The van der Waals surface area contributed by atoms with E-state index >= 15 is 0 Å². The molecule has 49 heavy (non-hydrogen) atoms. The van der Waals surface area contributed by atoms with Crippen LogP contribution in [0.4, 0.5) is 28.7 Å². The lowest BCUT2D eigenvalue weighted by atomic mass is 9.99. The van der Waals surface area contributed by atoms with E-state index in [1.807, 2.05) is 12.1 Å². The van der Waals surface area contributed by atoms with Gasteiger partial charge in [-0.3, -0.25) is 14.9 Å². The van der Waals surface area contributed by atoms with Gasteiger partial charge in [-0.1, -0.05) is 18.5 Å². The van der Waals surface area contributed by atoms with Crippen molar-refractivity contribution in [1.29, 1.82) is 0 Å². The zero-order chi connectivity index (χ0) is 34.3. The topological polar surface area (TPSA) is 125 Å². The van der Waals surface area contributed by atoms with Gasteiger partial charge in [-0.15, -0.1) is 0 Å². The molecule has 2 saturated heterocycles. The maximum absolute atomic E-state index is 13.6. The van der Waals surface area contributed by atoms with Crippen LogP contribution in [-0.2, 0) is 11.0 Å². The minimum absolute atomic E-state index is 0.252. The molecule has 0 amide bonds. The first-order valence-electron chi connectivity index (χ1n) is 16.8. The standard InChI is InChI=1S/C35H43ClN9O3P/c1-6-22-19-26(28(47-3)20-27(22)45-13-9-23(10-14-45)44-17-15-43(2)16-18-44)41-35-31-32(48-21-39-31)29(36)34(42-35)40-25-8-7-24-30(38-12-11-37-24)33(25)49(4,5)46/h7-8,11-12,19-21,23H,6,9-10,13-18H2,1-5H3,(H2,40,41,42). The number of aryl methyl sites for hydroxylation is 1. The van der Waals surface area contributed by atoms with Crippen molar-refractivity contribution in [3.63, 3.8) is 0 Å². The highest BCUT2D eigenvalue weighted by molar-refractivity contribution is 7.71. The lowest BCUT2D eigenvalue weighted by Gasteiger charge is -2.43. The molecule has 0 unspecified atom stereocenters. The van der Waals surface area contributed by atoms with Crippen LogP contribution in [0.25, 0.3) is 22.1 Å². The molecule has 258 valence electrons. The van der Waals surface area contributed by atoms with Crippen LogP contribution in [0.2, 0.25) is 5.02 Å². The number of likely N-dealkylation sites (N-methyl/N-ethyl adjacent to an activating group) is 1. The average Bonchev–Trinajstić information content (AvgIpc) is 3.61. The lowest BCUT2D eigenvalue weighted by Crippen LogP contribution is -2.52. The molecule has 5 heterocycles. The summed E-state index contributed by atoms with van der Waals surface area (Å²) in [5, 5.41) is 7.62. The van der Waals surface area contributed by atoms with E-state index in [0.29, 0.717) is 56.6 Å². The van der Waals surface area contributed by atoms with Crippen LogP contribution in [0.15, 0.2) is 47.5 Å². The van der Waals surface area contributed by atoms with Gasteiger partial charge in [0.05, 0.1) is 29.3 Å². The monoisotopic (exact) mass is 703 g/mol. The highest BCUT2D eigenvalue weighted by Gasteiger charge is 2.29. The van der Waals surface area contributed by atoms with Gasteiger partial charge in [0, 0.05) is 69.5 Å². The molecule has 0 aliphatic carbocycles. The Balaban J connectivity index is 1.19. The van der Waals surface area contributed by atoms with E-state index in [4.69, 9.17) is 25.7 Å². The van der Waals surface area contributed by atoms with Crippen LogP contribution in [0.1, 0.15) is 25.3 Å². The van der Waals surface area contributed by atoms with Crippen molar-refractivity contribution >= 4 is 74.9 Å². The summed E-state index contributed by atoms with van der Waals surface area (Å²) in [6, 6.07) is 8.57. The number of methoxy groups -OCH3 is 1. The summed E-state index contributed by atoms with van der Waals surface area (Å²) in [4.78, 5) is 25.8. The smallest absolute Gasteiger partial charge is 0.182 e. The molecule has 14 heteroatoms. The fourth-order valence-electron chi connectivity index (χ4n) is 7.10. The molecule has 2 aliphatic heterocycles. The Morgan fingerprint density at radius 1 is 0.959 bits per heavy atom. The van der Waals surface area contributed by atoms with Crippen molar-refractivity contribution in [1.82, 2.24) is 29.7 Å². The number of ether oxygens (including phenoxy) is 1. The number of piperidine rings is 1. The Hall–Kier alpha value is -3.96. The van der Waals surface area contributed by atoms with Gasteiger partial charge in [0.2, 0.25) is 0 Å². The summed E-state index contributed by atoms with van der Waals surface area (Å²) in [5.41, 5.74) is 5.82. The summed E-state index contributed by atoms with van der Waals surface area (Å²) in [6.45, 7) is 12.2. The minimum Gasteiger partial charge on any atom is -0.494 e. The van der Waals surface area contributed by atoms with E-state index < -0.39 is 7.14 Å². The second-order valence-corrected chi connectivity index (χ2v) is 16.8. The first kappa shape index (κ1) is 33.5. The second kappa shape index (κ2) is 13.7. The quantitative estimate of drug-likeness (QED) is 0.166. The molecule has 3 aromatic heterocycles. The molecule has 2 N–H and O–H groups in total. The molecule has 0 bridgehead atoms. The summed E-state index contributed by atoms with van der Waals surface area (Å²) in [6.07, 6.45) is 7.72. The molecular formula is C35H43ClN9O3P. The lowest BCUT2D eigenvalue weighted by molar-refractivity contribution is 0.0982. The Morgan fingerprint density at radius 2 is 1.69 bits per heavy atom. The number of anilines is 5. The Labute approximate surface area is 291 Å². The van der Waals surface area contributed by atoms with Gasteiger partial charge in [0.15, 0.2) is 29.1 Å². The fourth-order valence-corrected chi connectivity index (χ4v) is 8.72. The third-order valence-corrected chi connectivity index (χ3v) is 11.6. The fraction of sp³-hybridized carbons (Fsp3) is 0.429. The van der Waals surface area contributed by atoms with Crippen LogP contribution >= 0.6 is 18.7 Å². The number of oxazole rings is 1. The molecule has 2 aliphatic rings. The SMILES string of the molecule is CCc1cc(Nc2nc(Nc3ccc4nccnc4c3P(C)(C)=O)c(Cl)c3ocnc23)c(OC)cc1N1CCC(N2CCN(C)CC2)CC1. The zero-order valence-corrected chi connectivity index (χ0v) is 30.3. The number of benzene rings is 2. The second-order valence-electron chi connectivity index (χ2n) is 13.2. The third kappa shape index (κ3) is 6.67. The molecule has 0 saturated carbocycles. The number of aromatic nitrogens is 4. The van der Waals surface area contributed by atoms with Crippen molar-refractivity contribution in [3.8, 4) is 5.75 Å². The van der Waals surface area contributed by atoms with Crippen LogP contribution < -0.4 is 25.6 Å². The van der Waals surface area contributed by atoms with Gasteiger partial charge in [-0.25, -0.2) is 9.97 Å². The molecule has 0 atom stereocenters. The van der Waals surface area contributed by atoms with Gasteiger partial charge in [-0.2, -0.15) is 0 Å². The number of piperazine rings is 1. The predicted molar refractivity (Wildman–Crippen MR) is 199 cm³/mol. The molecule has 2 aromatic carbocycles. The number of hydrogen-bond acceptors (Lipinski definition) is 12. The van der Waals surface area contributed by atoms with Crippen molar-refractivity contribution in [2.75, 3.05) is 82.3 Å². The molecule has 2 fully saturated rings. The van der Waals surface area contributed by atoms with Crippen molar-refractivity contribution in [2.24, 2.45) is 0 Å². The first-order valence-corrected chi connectivity index (χ1v) is 19.8.